The molecule has 6 heteroatoms. The first-order valence-electron chi connectivity index (χ1n) is 8.76. The van der Waals surface area contributed by atoms with Gasteiger partial charge in [-0.15, -0.1) is 0 Å². The molecule has 24 heavy (non-hydrogen) atoms. The van der Waals surface area contributed by atoms with Crippen LogP contribution < -0.4 is 10.6 Å². The van der Waals surface area contributed by atoms with Crippen molar-refractivity contribution in [2.24, 2.45) is 5.92 Å². The van der Waals surface area contributed by atoms with E-state index in [1.54, 1.807) is 12.1 Å². The third kappa shape index (κ3) is 4.92. The average Bonchev–Trinajstić information content (AvgIpc) is 3.41. The second-order valence-electron chi connectivity index (χ2n) is 6.86. The maximum Gasteiger partial charge on any atom is 0.319 e. The van der Waals surface area contributed by atoms with E-state index in [0.29, 0.717) is 29.6 Å². The Morgan fingerprint density at radius 2 is 2.12 bits per heavy atom. The van der Waals surface area contributed by atoms with Crippen molar-refractivity contribution >= 4 is 11.7 Å². The van der Waals surface area contributed by atoms with Gasteiger partial charge in [0.25, 0.3) is 0 Å². The number of rotatable bonds is 6. The summed E-state index contributed by atoms with van der Waals surface area (Å²) in [6, 6.07) is 4.56. The quantitative estimate of drug-likeness (QED) is 0.840. The van der Waals surface area contributed by atoms with Gasteiger partial charge < -0.3 is 15.4 Å². The molecular formula is C18H26FN3O2. The van der Waals surface area contributed by atoms with Crippen LogP contribution in [-0.2, 0) is 4.74 Å². The predicted octanol–water partition coefficient (Wildman–Crippen LogP) is 2.79. The Balaban J connectivity index is 1.42. The van der Waals surface area contributed by atoms with Gasteiger partial charge in [0, 0.05) is 31.9 Å². The zero-order valence-electron chi connectivity index (χ0n) is 14.2. The molecule has 3 rings (SSSR count). The molecule has 0 aromatic heterocycles. The second-order valence-corrected chi connectivity index (χ2v) is 6.86. The molecule has 0 bridgehead atoms. The van der Waals surface area contributed by atoms with E-state index in [4.69, 9.17) is 4.74 Å². The van der Waals surface area contributed by atoms with Crippen molar-refractivity contribution in [3.05, 3.63) is 29.6 Å². The summed E-state index contributed by atoms with van der Waals surface area (Å²) in [5.74, 6) is 0.509. The van der Waals surface area contributed by atoms with Crippen LogP contribution in [0.3, 0.4) is 0 Å². The van der Waals surface area contributed by atoms with Gasteiger partial charge in [-0.1, -0.05) is 6.92 Å². The summed E-state index contributed by atoms with van der Waals surface area (Å²) >= 11 is 0. The van der Waals surface area contributed by atoms with Crippen LogP contribution in [0.4, 0.5) is 14.9 Å². The highest BCUT2D eigenvalue weighted by molar-refractivity contribution is 5.89. The number of carbonyl (C=O) groups excluding carboxylic acids is 1. The molecule has 0 radical (unpaired) electrons. The number of carbonyl (C=O) groups is 1. The van der Waals surface area contributed by atoms with E-state index < -0.39 is 0 Å². The van der Waals surface area contributed by atoms with Crippen LogP contribution in [0.25, 0.3) is 0 Å². The normalized spacial score (nSPS) is 19.8. The first-order valence-corrected chi connectivity index (χ1v) is 8.76. The number of benzene rings is 1. The topological polar surface area (TPSA) is 53.6 Å². The van der Waals surface area contributed by atoms with Crippen molar-refractivity contribution in [3.63, 3.8) is 0 Å². The Hall–Kier alpha value is -1.66. The van der Waals surface area contributed by atoms with Gasteiger partial charge in [0.05, 0.1) is 13.2 Å². The number of urea groups is 1. The third-order valence-corrected chi connectivity index (χ3v) is 4.56. The number of hydrogen-bond donors (Lipinski definition) is 2. The van der Waals surface area contributed by atoms with Crippen LogP contribution in [-0.4, -0.2) is 50.3 Å². The van der Waals surface area contributed by atoms with Crippen molar-refractivity contribution in [1.82, 2.24) is 10.2 Å². The van der Waals surface area contributed by atoms with E-state index in [9.17, 15) is 9.18 Å². The highest BCUT2D eigenvalue weighted by atomic mass is 19.1. The number of nitrogens with zero attached hydrogens (tertiary/aromatic N) is 1. The maximum absolute atomic E-state index is 13.7. The van der Waals surface area contributed by atoms with Gasteiger partial charge in [-0.05, 0) is 48.4 Å². The lowest BCUT2D eigenvalue weighted by molar-refractivity contribution is 0.0320. The van der Waals surface area contributed by atoms with Crippen LogP contribution in [0, 0.1) is 11.7 Å². The molecule has 1 saturated carbocycles. The van der Waals surface area contributed by atoms with E-state index >= 15 is 0 Å². The van der Waals surface area contributed by atoms with Crippen molar-refractivity contribution in [2.45, 2.75) is 25.7 Å². The Morgan fingerprint density at radius 1 is 1.38 bits per heavy atom. The molecule has 1 aliphatic carbocycles. The van der Waals surface area contributed by atoms with E-state index in [1.807, 2.05) is 0 Å². The highest BCUT2D eigenvalue weighted by Gasteiger charge is 2.26. The fourth-order valence-electron chi connectivity index (χ4n) is 3.06. The van der Waals surface area contributed by atoms with Crippen molar-refractivity contribution in [1.29, 1.82) is 0 Å². The van der Waals surface area contributed by atoms with Crippen LogP contribution in [0.1, 0.15) is 31.2 Å². The molecule has 1 unspecified atom stereocenters. The van der Waals surface area contributed by atoms with Gasteiger partial charge >= 0.3 is 6.03 Å². The van der Waals surface area contributed by atoms with Gasteiger partial charge in [-0.2, -0.15) is 0 Å². The van der Waals surface area contributed by atoms with Crippen molar-refractivity contribution in [3.8, 4) is 0 Å². The molecule has 1 saturated heterocycles. The minimum Gasteiger partial charge on any atom is -0.379 e. The molecule has 1 aromatic rings. The first-order chi connectivity index (χ1) is 11.6. The van der Waals surface area contributed by atoms with E-state index in [0.717, 1.165) is 45.7 Å². The lowest BCUT2D eigenvalue weighted by Gasteiger charge is -2.29. The lowest BCUT2D eigenvalue weighted by Crippen LogP contribution is -2.42. The Labute approximate surface area is 142 Å². The molecule has 0 spiro atoms. The summed E-state index contributed by atoms with van der Waals surface area (Å²) in [6.07, 6.45) is 2.07. The molecule has 1 aliphatic heterocycles. The Bertz CT molecular complexity index is 571. The van der Waals surface area contributed by atoms with Crippen LogP contribution in [0.2, 0.25) is 0 Å². The van der Waals surface area contributed by atoms with Crippen molar-refractivity contribution < 1.29 is 13.9 Å². The van der Waals surface area contributed by atoms with Gasteiger partial charge in [0.15, 0.2) is 0 Å². The van der Waals surface area contributed by atoms with Gasteiger partial charge in [-0.25, -0.2) is 9.18 Å². The Morgan fingerprint density at radius 3 is 2.83 bits per heavy atom. The number of morpholine rings is 1. The molecule has 5 nitrogen and oxygen atoms in total. The molecule has 2 N–H and O–H groups in total. The Kier molecular flexibility index (Phi) is 5.68. The number of anilines is 1. The summed E-state index contributed by atoms with van der Waals surface area (Å²) < 4.78 is 19.1. The number of halogens is 1. The van der Waals surface area contributed by atoms with Crippen molar-refractivity contribution in [2.75, 3.05) is 44.7 Å². The number of ether oxygens (including phenoxy) is 1. The van der Waals surface area contributed by atoms with Crippen LogP contribution >= 0.6 is 0 Å². The lowest BCUT2D eigenvalue weighted by atomic mass is 10.1. The smallest absolute Gasteiger partial charge is 0.319 e. The predicted molar refractivity (Wildman–Crippen MR) is 91.8 cm³/mol. The zero-order valence-corrected chi connectivity index (χ0v) is 14.2. The maximum atomic E-state index is 13.7. The summed E-state index contributed by atoms with van der Waals surface area (Å²) in [7, 11) is 0. The summed E-state index contributed by atoms with van der Waals surface area (Å²) in [6.45, 7) is 7.17. The summed E-state index contributed by atoms with van der Waals surface area (Å²) in [4.78, 5) is 14.4. The molecule has 132 valence electrons. The summed E-state index contributed by atoms with van der Waals surface area (Å²) in [5, 5.41) is 5.70. The minimum absolute atomic E-state index is 0.178. The number of amides is 2. The molecule has 2 aliphatic rings. The fourth-order valence-corrected chi connectivity index (χ4v) is 3.06. The van der Waals surface area contributed by atoms with E-state index in [-0.39, 0.29) is 11.8 Å². The molecule has 2 amide bonds. The summed E-state index contributed by atoms with van der Waals surface area (Å²) in [5.41, 5.74) is 1.37. The highest BCUT2D eigenvalue weighted by Crippen LogP contribution is 2.42. The molecule has 1 atom stereocenters. The zero-order chi connectivity index (χ0) is 16.9. The van der Waals surface area contributed by atoms with Crippen LogP contribution in [0.5, 0.6) is 0 Å². The van der Waals surface area contributed by atoms with E-state index in [1.165, 1.54) is 6.07 Å². The van der Waals surface area contributed by atoms with Crippen LogP contribution in [0.15, 0.2) is 18.2 Å². The van der Waals surface area contributed by atoms with E-state index in [2.05, 4.69) is 22.5 Å². The average molecular weight is 335 g/mol. The fraction of sp³-hybridized carbons (Fsp3) is 0.611. The minimum atomic E-state index is -0.239. The first kappa shape index (κ1) is 17.2. The molecule has 1 aromatic carbocycles. The molecule has 2 fully saturated rings. The number of nitrogens with one attached hydrogen (secondary N) is 2. The second kappa shape index (κ2) is 7.94. The van der Waals surface area contributed by atoms with Gasteiger partial charge in [-0.3, -0.25) is 4.90 Å². The van der Waals surface area contributed by atoms with Gasteiger partial charge in [0.2, 0.25) is 0 Å². The monoisotopic (exact) mass is 335 g/mol. The third-order valence-electron chi connectivity index (χ3n) is 4.56. The molecule has 1 heterocycles. The number of hydrogen-bond acceptors (Lipinski definition) is 3. The SMILES string of the molecule is CC(CNC(=O)Nc1ccc(F)c(C2CC2)c1)CN1CCOCC1. The standard InChI is InChI=1S/C18H26FN3O2/c1-13(12-22-6-8-24-9-7-22)11-20-18(23)21-15-4-5-17(19)16(10-15)14-2-3-14/h4-5,10,13-14H,2-3,6-9,11-12H2,1H3,(H2,20,21,23). The molecular weight excluding hydrogens is 309 g/mol. The largest absolute Gasteiger partial charge is 0.379 e. The van der Waals surface area contributed by atoms with Gasteiger partial charge in [0.1, 0.15) is 5.82 Å².